The summed E-state index contributed by atoms with van der Waals surface area (Å²) < 4.78 is 66.4. The molecule has 3 N–H and O–H groups in total. The molecule has 8 aromatic rings. The molecule has 0 saturated carbocycles. The highest BCUT2D eigenvalue weighted by molar-refractivity contribution is 7.90. The van der Waals surface area contributed by atoms with E-state index in [4.69, 9.17) is 50.0 Å². The van der Waals surface area contributed by atoms with Crippen molar-refractivity contribution in [1.82, 2.24) is 37.7 Å². The Kier molecular flexibility index (Phi) is 16.9. The summed E-state index contributed by atoms with van der Waals surface area (Å²) in [5.41, 5.74) is 7.65. The van der Waals surface area contributed by atoms with Crippen LogP contribution in [0.5, 0.6) is 0 Å². The molecule has 4 aromatic carbocycles. The number of nitrogens with zero attached hydrogens (tertiary/aromatic N) is 8. The smallest absolute Gasteiger partial charge is 0.410 e. The third-order valence-electron chi connectivity index (χ3n) is 12.0. The first-order valence-corrected chi connectivity index (χ1v) is 28.4. The Morgan fingerprint density at radius 1 is 0.597 bits per heavy atom. The van der Waals surface area contributed by atoms with Crippen molar-refractivity contribution in [3.05, 3.63) is 149 Å². The Labute approximate surface area is 462 Å². The van der Waals surface area contributed by atoms with E-state index in [1.165, 1.54) is 26.5 Å². The van der Waals surface area contributed by atoms with Gasteiger partial charge in [-0.1, -0.05) is 96.0 Å². The average Bonchev–Trinajstić information content (AvgIpc) is 4.40. The number of anilines is 1. The van der Waals surface area contributed by atoms with Gasteiger partial charge in [0.05, 0.1) is 54.7 Å². The van der Waals surface area contributed by atoms with Crippen LogP contribution in [0.1, 0.15) is 54.4 Å². The number of rotatable bonds is 8. The van der Waals surface area contributed by atoms with Gasteiger partial charge in [0.25, 0.3) is 20.0 Å². The lowest BCUT2D eigenvalue weighted by Gasteiger charge is -2.24. The van der Waals surface area contributed by atoms with E-state index in [0.717, 1.165) is 13.0 Å². The molecule has 10 rings (SSSR count). The number of amides is 2. The Balaban J connectivity index is 0.000000173. The number of carbonyl (C=O) groups excluding carboxylic acids is 2. The molecule has 2 atom stereocenters. The topological polar surface area (TPSA) is 227 Å². The number of fused-ring (bicyclic) bond motifs is 2. The first-order chi connectivity index (χ1) is 36.4. The zero-order valence-corrected chi connectivity index (χ0v) is 46.9. The van der Waals surface area contributed by atoms with Gasteiger partial charge in [-0.15, -0.1) is 0 Å². The molecule has 404 valence electrons. The molecule has 2 saturated heterocycles. The van der Waals surface area contributed by atoms with Crippen LogP contribution in [-0.2, 0) is 29.5 Å². The second kappa shape index (κ2) is 23.0. The van der Waals surface area contributed by atoms with Crippen LogP contribution in [0.25, 0.3) is 44.3 Å². The first-order valence-electron chi connectivity index (χ1n) is 24.4. The van der Waals surface area contributed by atoms with Gasteiger partial charge in [-0.25, -0.2) is 54.3 Å². The van der Waals surface area contributed by atoms with Crippen LogP contribution in [0, 0.1) is 0 Å². The molecule has 0 radical (unpaired) electrons. The minimum absolute atomic E-state index is 0.0344. The molecule has 77 heavy (non-hydrogen) atoms. The van der Waals surface area contributed by atoms with Gasteiger partial charge in [-0.05, 0) is 102 Å². The lowest BCUT2D eigenvalue weighted by molar-refractivity contribution is 0.0282. The minimum atomic E-state index is -3.86. The van der Waals surface area contributed by atoms with Crippen molar-refractivity contribution in [2.45, 2.75) is 87.5 Å². The predicted octanol–water partition coefficient (Wildman–Crippen LogP) is 11.0. The van der Waals surface area contributed by atoms with Crippen molar-refractivity contribution in [3.8, 4) is 22.5 Å². The monoisotopic (exact) mass is 1140 g/mol. The maximum Gasteiger partial charge on any atom is 0.410 e. The van der Waals surface area contributed by atoms with E-state index >= 15 is 0 Å². The van der Waals surface area contributed by atoms with E-state index < -0.39 is 31.2 Å². The number of halogens is 3. The molecule has 18 nitrogen and oxygen atoms in total. The van der Waals surface area contributed by atoms with E-state index in [9.17, 15) is 26.4 Å². The van der Waals surface area contributed by atoms with Gasteiger partial charge in [0.15, 0.2) is 0 Å². The average molecular weight is 1140 g/mol. The third kappa shape index (κ3) is 13.3. The van der Waals surface area contributed by atoms with Crippen molar-refractivity contribution in [2.24, 2.45) is 5.73 Å². The Morgan fingerprint density at radius 2 is 1.03 bits per heavy atom. The molecule has 2 fully saturated rings. The van der Waals surface area contributed by atoms with Gasteiger partial charge < -0.3 is 30.3 Å². The van der Waals surface area contributed by atoms with E-state index in [-0.39, 0.29) is 49.4 Å². The SMILES string of the molecule is CC(C)(C)OC(=O)N1CC[C@@H](N)C1.CC(C)(C)OC(=O)N1CC[C@@H](Nc2ncc(Cl)c(-c3cn(S(=O)(=O)c4ccccc4)c4ccccc34)n2)C1.O=S(=O)(c1ccccc1)n1cc(-c2nc(Cl)ncc2Cl)c2ccccc21. The molecule has 0 aliphatic carbocycles. The number of nitrogens with two attached hydrogens (primary N) is 1. The second-order valence-electron chi connectivity index (χ2n) is 20.1. The van der Waals surface area contributed by atoms with Crippen molar-refractivity contribution in [2.75, 3.05) is 31.5 Å². The van der Waals surface area contributed by atoms with Gasteiger partial charge in [-0.3, -0.25) is 0 Å². The lowest BCUT2D eigenvalue weighted by Crippen LogP contribution is -2.36. The zero-order chi connectivity index (χ0) is 55.5. The molecule has 2 aliphatic rings. The normalized spacial score (nSPS) is 15.9. The van der Waals surface area contributed by atoms with E-state index in [1.807, 2.05) is 65.8 Å². The molecule has 0 bridgehead atoms. The number of aromatic nitrogens is 6. The van der Waals surface area contributed by atoms with Gasteiger partial charge in [0.1, 0.15) is 11.2 Å². The highest BCUT2D eigenvalue weighted by Gasteiger charge is 2.32. The molecular formula is C54H57Cl3N10O8S2. The van der Waals surface area contributed by atoms with Crippen molar-refractivity contribution < 1.29 is 35.9 Å². The van der Waals surface area contributed by atoms with E-state index in [0.29, 0.717) is 76.3 Å². The standard InChI is InChI=1S/C27H28ClN5O4S.C18H11Cl2N3O2S.C9H18N2O2/c1-27(2,3)37-26(34)32-14-13-18(16-32)30-25-29-15-22(28)24(31-25)21-17-33(23-12-8-7-11-20(21)23)38(35,36)19-9-5-4-6-10-19;19-15-10-21-18(20)22-17(15)14-11-23(16-9-5-4-8-13(14)16)26(24,25)12-6-2-1-3-7-12;1-9(2,3)13-8(12)11-5-4-7(10)6-11/h4-12,15,17-18H,13-14,16H2,1-3H3,(H,29,30,31);1-11H;7H,4-6,10H2,1-3H3/t18-;;7-/m1.1/s1. The fourth-order valence-corrected chi connectivity index (χ4v) is 11.8. The van der Waals surface area contributed by atoms with E-state index in [2.05, 4.69) is 25.3 Å². The van der Waals surface area contributed by atoms with Crippen molar-refractivity contribution in [3.63, 3.8) is 0 Å². The van der Waals surface area contributed by atoms with Crippen molar-refractivity contribution >= 4 is 94.8 Å². The quantitative estimate of drug-likeness (QED) is 0.135. The number of hydrogen-bond acceptors (Lipinski definition) is 14. The molecule has 0 unspecified atom stereocenters. The Bertz CT molecular complexity index is 3670. The number of benzene rings is 4. The summed E-state index contributed by atoms with van der Waals surface area (Å²) in [4.78, 5) is 44.6. The van der Waals surface area contributed by atoms with Gasteiger partial charge in [0.2, 0.25) is 11.2 Å². The maximum absolute atomic E-state index is 13.5. The molecule has 23 heteroatoms. The molecule has 0 spiro atoms. The van der Waals surface area contributed by atoms with Gasteiger partial charge in [-0.2, -0.15) is 0 Å². The van der Waals surface area contributed by atoms with Crippen molar-refractivity contribution in [1.29, 1.82) is 0 Å². The van der Waals surface area contributed by atoms with Crippen LogP contribution in [0.2, 0.25) is 15.3 Å². The zero-order valence-electron chi connectivity index (χ0n) is 43.0. The van der Waals surface area contributed by atoms with E-state index in [1.54, 1.807) is 101 Å². The van der Waals surface area contributed by atoms with Gasteiger partial charge in [0, 0.05) is 72.6 Å². The summed E-state index contributed by atoms with van der Waals surface area (Å²) in [5, 5.41) is 5.28. The van der Waals surface area contributed by atoms with Gasteiger partial charge >= 0.3 is 12.2 Å². The summed E-state index contributed by atoms with van der Waals surface area (Å²) in [6, 6.07) is 30.9. The van der Waals surface area contributed by atoms with Crippen LogP contribution >= 0.6 is 34.8 Å². The molecule has 2 amide bonds. The summed E-state index contributed by atoms with van der Waals surface area (Å²) in [6.45, 7) is 13.4. The fourth-order valence-electron chi connectivity index (χ4n) is 8.48. The summed E-state index contributed by atoms with van der Waals surface area (Å²) >= 11 is 18.7. The number of para-hydroxylation sites is 2. The summed E-state index contributed by atoms with van der Waals surface area (Å²) in [5.74, 6) is 0.336. The molecule has 2 aliphatic heterocycles. The second-order valence-corrected chi connectivity index (χ2v) is 24.9. The number of hydrogen-bond donors (Lipinski definition) is 2. The Hall–Kier alpha value is -6.81. The summed E-state index contributed by atoms with van der Waals surface area (Å²) in [7, 11) is -7.64. The Morgan fingerprint density at radius 3 is 1.49 bits per heavy atom. The molecule has 6 heterocycles. The summed E-state index contributed by atoms with van der Waals surface area (Å²) in [6.07, 6.45) is 6.92. The lowest BCUT2D eigenvalue weighted by atomic mass is 10.1. The number of likely N-dealkylation sites (tertiary alicyclic amines) is 2. The fraction of sp³-hybridized carbons (Fsp3) is 0.296. The predicted molar refractivity (Wildman–Crippen MR) is 299 cm³/mol. The largest absolute Gasteiger partial charge is 0.444 e. The van der Waals surface area contributed by atoms with Crippen LogP contribution in [0.4, 0.5) is 15.5 Å². The maximum atomic E-state index is 13.5. The number of carbonyl (C=O) groups is 2. The van der Waals surface area contributed by atoms with Crippen LogP contribution in [-0.4, -0.2) is 116 Å². The molecule has 4 aromatic heterocycles. The highest BCUT2D eigenvalue weighted by atomic mass is 35.5. The minimum Gasteiger partial charge on any atom is -0.444 e. The number of ether oxygens (including phenoxy) is 2. The van der Waals surface area contributed by atoms with Crippen LogP contribution in [0.3, 0.4) is 0 Å². The third-order valence-corrected chi connectivity index (χ3v) is 16.1. The number of nitrogens with one attached hydrogen (secondary N) is 1. The van der Waals surface area contributed by atoms with Crippen LogP contribution in [0.15, 0.2) is 144 Å². The molecular weight excluding hydrogens is 1090 g/mol. The highest BCUT2D eigenvalue weighted by Crippen LogP contribution is 2.38. The van der Waals surface area contributed by atoms with Crippen LogP contribution < -0.4 is 11.1 Å². The first kappa shape index (κ1) is 56.4.